The molecule has 1 saturated carbocycles. The number of nitrogens with one attached hydrogen (secondary N) is 1. The van der Waals surface area contributed by atoms with Gasteiger partial charge in [0.1, 0.15) is 0 Å². The van der Waals surface area contributed by atoms with Crippen LogP contribution >= 0.6 is 0 Å². The van der Waals surface area contributed by atoms with Crippen molar-refractivity contribution in [3.8, 4) is 0 Å². The number of hydrogen-bond donors (Lipinski definition) is 2. The number of fused-ring (bicyclic) bond motifs is 1. The maximum Gasteiger partial charge on any atom is 0.223 e. The third kappa shape index (κ3) is 2.29. The minimum atomic E-state index is 0.205. The largest absolute Gasteiger partial charge is 0.354 e. The van der Waals surface area contributed by atoms with Crippen LogP contribution in [0, 0.1) is 5.92 Å². The minimum absolute atomic E-state index is 0.205. The molecule has 1 unspecified atom stereocenters. The van der Waals surface area contributed by atoms with Gasteiger partial charge in [-0.25, -0.2) is 0 Å². The smallest absolute Gasteiger partial charge is 0.223 e. The topological polar surface area (TPSA) is 60.0 Å². The second-order valence-electron chi connectivity index (χ2n) is 5.48. The molecule has 4 nitrogen and oxygen atoms in total. The van der Waals surface area contributed by atoms with Gasteiger partial charge in [-0.2, -0.15) is 0 Å². The van der Waals surface area contributed by atoms with Gasteiger partial charge in [-0.05, 0) is 43.7 Å². The normalized spacial score (nSPS) is 22.6. The highest BCUT2D eigenvalue weighted by Gasteiger charge is 2.29. The molecule has 4 heteroatoms. The number of rotatable bonds is 4. The van der Waals surface area contributed by atoms with Crippen LogP contribution in [0.5, 0.6) is 0 Å². The molecule has 3 rings (SSSR count). The van der Waals surface area contributed by atoms with Crippen molar-refractivity contribution in [3.63, 3.8) is 0 Å². The van der Waals surface area contributed by atoms with Gasteiger partial charge in [-0.1, -0.05) is 0 Å². The van der Waals surface area contributed by atoms with Gasteiger partial charge in [0.25, 0.3) is 0 Å². The first-order chi connectivity index (χ1) is 8.75. The van der Waals surface area contributed by atoms with Gasteiger partial charge in [0.05, 0.1) is 0 Å². The average molecular weight is 247 g/mol. The van der Waals surface area contributed by atoms with Crippen LogP contribution in [0.4, 0.5) is 0 Å². The molecule has 1 fully saturated rings. The Labute approximate surface area is 108 Å². The van der Waals surface area contributed by atoms with Crippen molar-refractivity contribution in [2.24, 2.45) is 11.7 Å². The summed E-state index contributed by atoms with van der Waals surface area (Å²) >= 11 is 0. The second-order valence-corrected chi connectivity index (χ2v) is 5.48. The third-order valence-electron chi connectivity index (χ3n) is 4.04. The average Bonchev–Trinajstić information content (AvgIpc) is 3.13. The highest BCUT2D eigenvalue weighted by atomic mass is 16.2. The molecule has 0 radical (unpaired) electrons. The molecular formula is C14H21N3O. The molecule has 3 N–H and O–H groups in total. The van der Waals surface area contributed by atoms with Crippen LogP contribution in [0.1, 0.15) is 43.0 Å². The van der Waals surface area contributed by atoms with Crippen molar-refractivity contribution in [1.29, 1.82) is 0 Å². The summed E-state index contributed by atoms with van der Waals surface area (Å²) in [5.41, 5.74) is 8.77. The maximum absolute atomic E-state index is 11.5. The maximum atomic E-state index is 11.5. The van der Waals surface area contributed by atoms with Crippen molar-refractivity contribution in [2.75, 3.05) is 6.54 Å². The Morgan fingerprint density at radius 1 is 1.44 bits per heavy atom. The highest BCUT2D eigenvalue weighted by molar-refractivity contribution is 5.80. The zero-order valence-electron chi connectivity index (χ0n) is 10.7. The van der Waals surface area contributed by atoms with E-state index in [1.54, 1.807) is 0 Å². The Morgan fingerprint density at radius 3 is 3.06 bits per heavy atom. The molecule has 0 spiro atoms. The number of nitrogens with two attached hydrogens (primary N) is 1. The zero-order chi connectivity index (χ0) is 12.5. The van der Waals surface area contributed by atoms with Crippen LogP contribution in [0.15, 0.2) is 12.3 Å². The highest BCUT2D eigenvalue weighted by Crippen LogP contribution is 2.29. The summed E-state index contributed by atoms with van der Waals surface area (Å²) in [5.74, 6) is 0.532. The molecule has 1 aromatic heterocycles. The van der Waals surface area contributed by atoms with Crippen molar-refractivity contribution < 1.29 is 4.79 Å². The molecule has 1 atom stereocenters. The van der Waals surface area contributed by atoms with Crippen LogP contribution in [0.25, 0.3) is 0 Å². The van der Waals surface area contributed by atoms with Gasteiger partial charge in [-0.3, -0.25) is 4.79 Å². The van der Waals surface area contributed by atoms with Gasteiger partial charge in [-0.15, -0.1) is 0 Å². The van der Waals surface area contributed by atoms with Gasteiger partial charge in [0.15, 0.2) is 0 Å². The van der Waals surface area contributed by atoms with Gasteiger partial charge < -0.3 is 15.6 Å². The standard InChI is InChI=1S/C14H21N3O/c15-12-2-1-3-13-11(12)6-8-17(13)9-7-16-14(18)10-4-5-10/h6,8,10,12H,1-5,7,9,15H2,(H,16,18). The lowest BCUT2D eigenvalue weighted by Crippen LogP contribution is -2.29. The lowest BCUT2D eigenvalue weighted by Gasteiger charge is -2.21. The SMILES string of the molecule is NC1CCCc2c1ccn2CCNC(=O)C1CC1. The van der Waals surface area contributed by atoms with Crippen molar-refractivity contribution in [2.45, 2.75) is 44.7 Å². The van der Waals surface area contributed by atoms with Crippen molar-refractivity contribution >= 4 is 5.91 Å². The van der Waals surface area contributed by atoms with Crippen LogP contribution in [-0.2, 0) is 17.8 Å². The molecule has 0 aromatic carbocycles. The van der Waals surface area contributed by atoms with Gasteiger partial charge in [0.2, 0.25) is 5.91 Å². The molecule has 1 amide bonds. The van der Waals surface area contributed by atoms with Crippen LogP contribution in [0.2, 0.25) is 0 Å². The fraction of sp³-hybridized carbons (Fsp3) is 0.643. The molecule has 2 aliphatic carbocycles. The Kier molecular flexibility index (Phi) is 3.12. The number of aromatic nitrogens is 1. The summed E-state index contributed by atoms with van der Waals surface area (Å²) < 4.78 is 2.25. The summed E-state index contributed by atoms with van der Waals surface area (Å²) in [6, 6.07) is 2.35. The first-order valence-corrected chi connectivity index (χ1v) is 6.97. The summed E-state index contributed by atoms with van der Waals surface area (Å²) in [6.07, 6.45) is 7.63. The Hall–Kier alpha value is -1.29. The van der Waals surface area contributed by atoms with Gasteiger partial charge >= 0.3 is 0 Å². The molecule has 1 heterocycles. The van der Waals surface area contributed by atoms with Crippen molar-refractivity contribution in [3.05, 3.63) is 23.5 Å². The van der Waals surface area contributed by atoms with Gasteiger partial charge in [0, 0.05) is 36.9 Å². The second kappa shape index (κ2) is 4.76. The molecular weight excluding hydrogens is 226 g/mol. The van der Waals surface area contributed by atoms with E-state index in [1.165, 1.54) is 17.7 Å². The van der Waals surface area contributed by atoms with Crippen LogP contribution in [-0.4, -0.2) is 17.0 Å². The fourth-order valence-electron chi connectivity index (χ4n) is 2.79. The zero-order valence-corrected chi connectivity index (χ0v) is 10.7. The Morgan fingerprint density at radius 2 is 2.28 bits per heavy atom. The van der Waals surface area contributed by atoms with Crippen LogP contribution in [0.3, 0.4) is 0 Å². The number of amides is 1. The van der Waals surface area contributed by atoms with E-state index in [0.29, 0.717) is 5.92 Å². The summed E-state index contributed by atoms with van der Waals surface area (Å²) in [7, 11) is 0. The van der Waals surface area contributed by atoms with E-state index in [9.17, 15) is 4.79 Å². The number of carbonyl (C=O) groups excluding carboxylic acids is 1. The lowest BCUT2D eigenvalue weighted by molar-refractivity contribution is -0.122. The van der Waals surface area contributed by atoms with E-state index in [1.807, 2.05) is 0 Å². The molecule has 0 bridgehead atoms. The van der Waals surface area contributed by atoms with Crippen LogP contribution < -0.4 is 11.1 Å². The van der Waals surface area contributed by atoms with Crippen molar-refractivity contribution in [1.82, 2.24) is 9.88 Å². The number of nitrogens with zero attached hydrogens (tertiary/aromatic N) is 1. The predicted octanol–water partition coefficient (Wildman–Crippen LogP) is 1.35. The first-order valence-electron chi connectivity index (χ1n) is 6.97. The Bertz CT molecular complexity index is 448. The minimum Gasteiger partial charge on any atom is -0.354 e. The monoisotopic (exact) mass is 247 g/mol. The predicted molar refractivity (Wildman–Crippen MR) is 70.0 cm³/mol. The lowest BCUT2D eigenvalue weighted by atomic mass is 9.94. The number of carbonyl (C=O) groups is 1. The Balaban J connectivity index is 1.57. The van der Waals surface area contributed by atoms with E-state index in [0.717, 1.165) is 38.8 Å². The summed E-state index contributed by atoms with van der Waals surface area (Å²) in [6.45, 7) is 1.59. The number of hydrogen-bond acceptors (Lipinski definition) is 2. The first kappa shape index (κ1) is 11.8. The van der Waals surface area contributed by atoms with E-state index >= 15 is 0 Å². The summed E-state index contributed by atoms with van der Waals surface area (Å²) in [5, 5.41) is 3.01. The molecule has 1 aromatic rings. The summed E-state index contributed by atoms with van der Waals surface area (Å²) in [4.78, 5) is 11.5. The molecule has 2 aliphatic rings. The van der Waals surface area contributed by atoms with E-state index in [-0.39, 0.29) is 11.9 Å². The van der Waals surface area contributed by atoms with E-state index in [4.69, 9.17) is 5.73 Å². The molecule has 18 heavy (non-hydrogen) atoms. The third-order valence-corrected chi connectivity index (χ3v) is 4.04. The van der Waals surface area contributed by atoms with E-state index < -0.39 is 0 Å². The quantitative estimate of drug-likeness (QED) is 0.843. The fourth-order valence-corrected chi connectivity index (χ4v) is 2.79. The molecule has 0 aliphatic heterocycles. The molecule has 98 valence electrons. The molecule has 0 saturated heterocycles. The van der Waals surface area contributed by atoms with E-state index in [2.05, 4.69) is 22.1 Å².